The van der Waals surface area contributed by atoms with Crippen LogP contribution in [-0.4, -0.2) is 0 Å². The first kappa shape index (κ1) is 11.1. The molecule has 0 aliphatic heterocycles. The summed E-state index contributed by atoms with van der Waals surface area (Å²) in [6.07, 6.45) is 0. The van der Waals surface area contributed by atoms with Gasteiger partial charge in [-0.3, -0.25) is 0 Å². The lowest BCUT2D eigenvalue weighted by atomic mass is 10.0. The second kappa shape index (κ2) is 4.22. The average Bonchev–Trinajstić information content (AvgIpc) is 2.26. The Labute approximate surface area is 97.5 Å². The molecule has 0 fully saturated rings. The number of aryl methyl sites for hydroxylation is 1. The van der Waals surface area contributed by atoms with Crippen LogP contribution in [0.15, 0.2) is 36.4 Å². The number of rotatable bonds is 1. The lowest BCUT2D eigenvalue weighted by Crippen LogP contribution is -1.90. The monoisotopic (exact) mass is 238 g/mol. The van der Waals surface area contributed by atoms with Crippen molar-refractivity contribution in [2.24, 2.45) is 0 Å². The number of benzene rings is 2. The fraction of sp³-hybridized carbons (Fsp3) is 0.0769. The van der Waals surface area contributed by atoms with Gasteiger partial charge >= 0.3 is 0 Å². The summed E-state index contributed by atoms with van der Waals surface area (Å²) in [5.74, 6) is -1.73. The molecule has 0 aliphatic rings. The predicted octanol–water partition coefficient (Wildman–Crippen LogP) is 4.59. The second-order valence-electron chi connectivity index (χ2n) is 3.58. The molecule has 82 valence electrons. The summed E-state index contributed by atoms with van der Waals surface area (Å²) in [6.45, 7) is 1.87. The summed E-state index contributed by atoms with van der Waals surface area (Å²) in [5.41, 5.74) is 1.65. The molecule has 0 saturated heterocycles. The van der Waals surface area contributed by atoms with E-state index in [2.05, 4.69) is 0 Å². The van der Waals surface area contributed by atoms with Crippen molar-refractivity contribution in [1.82, 2.24) is 0 Å². The molecular weight excluding hydrogens is 230 g/mol. The minimum absolute atomic E-state index is 0.189. The molecule has 0 saturated carbocycles. The molecule has 0 aromatic heterocycles. The van der Waals surface area contributed by atoms with Gasteiger partial charge in [-0.2, -0.15) is 0 Å². The van der Waals surface area contributed by atoms with E-state index < -0.39 is 11.6 Å². The highest BCUT2D eigenvalue weighted by atomic mass is 35.5. The van der Waals surface area contributed by atoms with Crippen LogP contribution in [-0.2, 0) is 0 Å². The normalized spacial score (nSPS) is 10.5. The maximum atomic E-state index is 13.6. The van der Waals surface area contributed by atoms with Crippen LogP contribution in [0.3, 0.4) is 0 Å². The van der Waals surface area contributed by atoms with Gasteiger partial charge in [0.15, 0.2) is 11.6 Å². The van der Waals surface area contributed by atoms with Crippen molar-refractivity contribution in [3.8, 4) is 11.1 Å². The van der Waals surface area contributed by atoms with E-state index in [1.807, 2.05) is 13.0 Å². The Bertz CT molecular complexity index is 535. The van der Waals surface area contributed by atoms with Gasteiger partial charge in [-0.1, -0.05) is 35.4 Å². The van der Waals surface area contributed by atoms with Crippen molar-refractivity contribution in [2.45, 2.75) is 6.92 Å². The van der Waals surface area contributed by atoms with Gasteiger partial charge in [0.1, 0.15) is 0 Å². The summed E-state index contributed by atoms with van der Waals surface area (Å²) in [4.78, 5) is 0. The van der Waals surface area contributed by atoms with E-state index in [0.29, 0.717) is 10.6 Å². The highest BCUT2D eigenvalue weighted by molar-refractivity contribution is 6.33. The van der Waals surface area contributed by atoms with E-state index in [4.69, 9.17) is 11.6 Å². The molecule has 0 aliphatic carbocycles. The largest absolute Gasteiger partial charge is 0.204 e. The van der Waals surface area contributed by atoms with Crippen LogP contribution in [0.1, 0.15) is 5.56 Å². The molecule has 16 heavy (non-hydrogen) atoms. The molecule has 0 amide bonds. The summed E-state index contributed by atoms with van der Waals surface area (Å²) in [7, 11) is 0. The van der Waals surface area contributed by atoms with E-state index in [1.54, 1.807) is 12.1 Å². The van der Waals surface area contributed by atoms with Crippen molar-refractivity contribution < 1.29 is 8.78 Å². The Morgan fingerprint density at radius 3 is 2.50 bits per heavy atom. The third kappa shape index (κ3) is 1.93. The summed E-state index contributed by atoms with van der Waals surface area (Å²) in [5, 5.41) is 0.412. The zero-order chi connectivity index (χ0) is 11.7. The van der Waals surface area contributed by atoms with Crippen LogP contribution in [0, 0.1) is 18.6 Å². The molecule has 2 aromatic rings. The lowest BCUT2D eigenvalue weighted by Gasteiger charge is -2.07. The van der Waals surface area contributed by atoms with Crippen molar-refractivity contribution in [2.75, 3.05) is 0 Å². The van der Waals surface area contributed by atoms with Gasteiger partial charge in [0.2, 0.25) is 0 Å². The molecule has 0 atom stereocenters. The van der Waals surface area contributed by atoms with Gasteiger partial charge in [-0.25, -0.2) is 8.78 Å². The van der Waals surface area contributed by atoms with Gasteiger partial charge in [0.05, 0.1) is 0 Å². The molecule has 0 spiro atoms. The third-order valence-electron chi connectivity index (χ3n) is 2.36. The molecule has 2 aromatic carbocycles. The Balaban J connectivity index is 2.67. The van der Waals surface area contributed by atoms with E-state index in [1.165, 1.54) is 12.1 Å². The fourth-order valence-electron chi connectivity index (χ4n) is 1.56. The highest BCUT2D eigenvalue weighted by Gasteiger charge is 2.12. The number of hydrogen-bond acceptors (Lipinski definition) is 0. The zero-order valence-corrected chi connectivity index (χ0v) is 9.35. The van der Waals surface area contributed by atoms with Crippen LogP contribution >= 0.6 is 11.6 Å². The van der Waals surface area contributed by atoms with Crippen molar-refractivity contribution in [3.05, 3.63) is 58.6 Å². The van der Waals surface area contributed by atoms with Crippen LogP contribution in [0.5, 0.6) is 0 Å². The molecule has 0 N–H and O–H groups in total. The van der Waals surface area contributed by atoms with Gasteiger partial charge < -0.3 is 0 Å². The van der Waals surface area contributed by atoms with Crippen molar-refractivity contribution >= 4 is 11.6 Å². The maximum Gasteiger partial charge on any atom is 0.166 e. The molecule has 0 radical (unpaired) electrons. The fourth-order valence-corrected chi connectivity index (χ4v) is 1.78. The molecule has 0 heterocycles. The molecule has 3 heteroatoms. The Morgan fingerprint density at radius 2 is 1.75 bits per heavy atom. The van der Waals surface area contributed by atoms with Crippen molar-refractivity contribution in [3.63, 3.8) is 0 Å². The van der Waals surface area contributed by atoms with E-state index >= 15 is 0 Å². The van der Waals surface area contributed by atoms with Crippen LogP contribution in [0.2, 0.25) is 5.02 Å². The highest BCUT2D eigenvalue weighted by Crippen LogP contribution is 2.31. The Hall–Kier alpha value is -1.41. The summed E-state index contributed by atoms with van der Waals surface area (Å²) >= 11 is 5.97. The summed E-state index contributed by atoms with van der Waals surface area (Å²) in [6, 6.07) is 9.30. The van der Waals surface area contributed by atoms with E-state index in [9.17, 15) is 8.78 Å². The smallest absolute Gasteiger partial charge is 0.166 e. The van der Waals surface area contributed by atoms with Crippen LogP contribution in [0.4, 0.5) is 8.78 Å². The minimum atomic E-state index is -0.866. The van der Waals surface area contributed by atoms with Gasteiger partial charge in [-0.15, -0.1) is 0 Å². The lowest BCUT2D eigenvalue weighted by molar-refractivity contribution is 0.511. The second-order valence-corrected chi connectivity index (χ2v) is 3.99. The zero-order valence-electron chi connectivity index (χ0n) is 8.60. The van der Waals surface area contributed by atoms with Gasteiger partial charge in [0, 0.05) is 16.1 Å². The van der Waals surface area contributed by atoms with E-state index in [0.717, 1.165) is 11.6 Å². The number of halogens is 3. The first-order chi connectivity index (χ1) is 7.59. The minimum Gasteiger partial charge on any atom is -0.204 e. The van der Waals surface area contributed by atoms with Crippen LogP contribution in [0.25, 0.3) is 11.1 Å². The first-order valence-corrected chi connectivity index (χ1v) is 5.18. The molecule has 0 unspecified atom stereocenters. The summed E-state index contributed by atoms with van der Waals surface area (Å²) < 4.78 is 26.6. The van der Waals surface area contributed by atoms with Gasteiger partial charge in [0.25, 0.3) is 0 Å². The quantitative estimate of drug-likeness (QED) is 0.682. The molecule has 0 bridgehead atoms. The van der Waals surface area contributed by atoms with Gasteiger partial charge in [-0.05, 0) is 25.1 Å². The maximum absolute atomic E-state index is 13.6. The molecule has 2 rings (SSSR count). The predicted molar refractivity (Wildman–Crippen MR) is 61.5 cm³/mol. The first-order valence-electron chi connectivity index (χ1n) is 4.80. The Morgan fingerprint density at radius 1 is 1.00 bits per heavy atom. The Kier molecular flexibility index (Phi) is 2.92. The molecule has 0 nitrogen and oxygen atoms in total. The average molecular weight is 239 g/mol. The third-order valence-corrected chi connectivity index (χ3v) is 2.69. The number of hydrogen-bond donors (Lipinski definition) is 0. The van der Waals surface area contributed by atoms with Crippen molar-refractivity contribution in [1.29, 1.82) is 0 Å². The molecular formula is C13H9ClF2. The standard InChI is InChI=1S/C13H9ClF2/c1-8-5-6-11(14)10(7-8)9-3-2-4-12(15)13(9)16/h2-7H,1H3. The topological polar surface area (TPSA) is 0 Å². The van der Waals surface area contributed by atoms with E-state index in [-0.39, 0.29) is 5.56 Å². The van der Waals surface area contributed by atoms with Crippen LogP contribution < -0.4 is 0 Å². The SMILES string of the molecule is Cc1ccc(Cl)c(-c2cccc(F)c2F)c1.